The molecule has 0 atom stereocenters. The summed E-state index contributed by atoms with van der Waals surface area (Å²) in [6, 6.07) is 3.58. The van der Waals surface area contributed by atoms with Crippen molar-refractivity contribution >= 4 is 0 Å². The van der Waals surface area contributed by atoms with Gasteiger partial charge in [-0.3, -0.25) is 0 Å². The highest BCUT2D eigenvalue weighted by atomic mass is 16.3. The van der Waals surface area contributed by atoms with Gasteiger partial charge in [-0.25, -0.2) is 0 Å². The highest BCUT2D eigenvalue weighted by Crippen LogP contribution is 2.50. The smallest absolute Gasteiger partial charge is 0.122 e. The summed E-state index contributed by atoms with van der Waals surface area (Å²) >= 11 is 0. The van der Waals surface area contributed by atoms with E-state index in [1.807, 2.05) is 6.07 Å². The van der Waals surface area contributed by atoms with E-state index in [0.29, 0.717) is 10.8 Å². The van der Waals surface area contributed by atoms with Crippen LogP contribution in [0.2, 0.25) is 0 Å². The predicted octanol–water partition coefficient (Wildman–Crippen LogP) is 5.34. The third kappa shape index (κ3) is 3.97. The van der Waals surface area contributed by atoms with Gasteiger partial charge in [0.05, 0.1) is 0 Å². The summed E-state index contributed by atoms with van der Waals surface area (Å²) < 4.78 is 0. The first-order chi connectivity index (χ1) is 10.4. The van der Waals surface area contributed by atoms with Crippen molar-refractivity contribution in [2.24, 2.45) is 10.8 Å². The van der Waals surface area contributed by atoms with Gasteiger partial charge < -0.3 is 10.2 Å². The van der Waals surface area contributed by atoms with Gasteiger partial charge >= 0.3 is 0 Å². The van der Waals surface area contributed by atoms with Crippen molar-refractivity contribution in [1.82, 2.24) is 0 Å². The van der Waals surface area contributed by atoms with Crippen molar-refractivity contribution in [2.45, 2.75) is 78.1 Å². The van der Waals surface area contributed by atoms with Crippen molar-refractivity contribution in [1.29, 1.82) is 0 Å². The first-order valence-electron chi connectivity index (χ1n) is 8.93. The quantitative estimate of drug-likeness (QED) is 0.680. The van der Waals surface area contributed by atoms with E-state index in [1.165, 1.54) is 38.5 Å². The number of phenolic OH excluding ortho intramolecular Hbond substituents is 2. The van der Waals surface area contributed by atoms with Gasteiger partial charge in [-0.15, -0.1) is 0 Å². The molecule has 2 N–H and O–H groups in total. The number of benzene rings is 1. The summed E-state index contributed by atoms with van der Waals surface area (Å²) in [7, 11) is 0. The average Bonchev–Trinajstić information content (AvgIpc) is 3.36. The zero-order chi connectivity index (χ0) is 15.8. The molecule has 2 saturated carbocycles. The number of hydrogen-bond donors (Lipinski definition) is 2. The van der Waals surface area contributed by atoms with Crippen LogP contribution in [-0.2, 0) is 12.8 Å². The van der Waals surface area contributed by atoms with Crippen LogP contribution in [0.3, 0.4) is 0 Å². The predicted molar refractivity (Wildman–Crippen MR) is 90.3 cm³/mol. The lowest BCUT2D eigenvalue weighted by Gasteiger charge is -2.13. The maximum atomic E-state index is 10.1. The number of aromatic hydroxyl groups is 2. The summed E-state index contributed by atoms with van der Waals surface area (Å²) in [6.45, 7) is 4.71. The fourth-order valence-electron chi connectivity index (χ4n) is 3.41. The molecule has 0 spiro atoms. The van der Waals surface area contributed by atoms with E-state index in [1.54, 1.807) is 6.07 Å². The maximum absolute atomic E-state index is 10.1. The standard InChI is InChI=1S/C20H30O2/c1-19(9-10-19)7-3-5-15-13-16(18(22)14-17(15)21)6-4-8-20(2)11-12-20/h13-14,21-22H,3-12H2,1-2H3. The van der Waals surface area contributed by atoms with E-state index in [2.05, 4.69) is 13.8 Å². The Labute approximate surface area is 134 Å². The van der Waals surface area contributed by atoms with Crippen molar-refractivity contribution in [3.05, 3.63) is 23.3 Å². The lowest BCUT2D eigenvalue weighted by molar-refractivity contribution is 0.434. The lowest BCUT2D eigenvalue weighted by atomic mass is 9.95. The molecular formula is C20H30O2. The molecule has 0 bridgehead atoms. The molecule has 0 aromatic heterocycles. The van der Waals surface area contributed by atoms with Gasteiger partial charge in [-0.2, -0.15) is 0 Å². The molecule has 2 aliphatic carbocycles. The molecular weight excluding hydrogens is 272 g/mol. The van der Waals surface area contributed by atoms with Gasteiger partial charge in [0.1, 0.15) is 11.5 Å². The van der Waals surface area contributed by atoms with Crippen molar-refractivity contribution in [3.63, 3.8) is 0 Å². The van der Waals surface area contributed by atoms with Crippen molar-refractivity contribution < 1.29 is 10.2 Å². The lowest BCUT2D eigenvalue weighted by Crippen LogP contribution is -1.98. The Kier molecular flexibility index (Phi) is 4.13. The third-order valence-electron chi connectivity index (χ3n) is 5.94. The Balaban J connectivity index is 1.55. The Bertz CT molecular complexity index is 494. The maximum Gasteiger partial charge on any atom is 0.122 e. The number of aryl methyl sites for hydroxylation is 2. The van der Waals surface area contributed by atoms with Gasteiger partial charge in [0, 0.05) is 6.07 Å². The molecule has 0 unspecified atom stereocenters. The normalized spacial score (nSPS) is 20.8. The minimum absolute atomic E-state index is 0.261. The Morgan fingerprint density at radius 3 is 1.55 bits per heavy atom. The minimum Gasteiger partial charge on any atom is -0.508 e. The van der Waals surface area contributed by atoms with E-state index in [9.17, 15) is 10.2 Å². The van der Waals surface area contributed by atoms with Gasteiger partial charge in [0.25, 0.3) is 0 Å². The van der Waals surface area contributed by atoms with Crippen molar-refractivity contribution in [3.8, 4) is 11.5 Å². The zero-order valence-electron chi connectivity index (χ0n) is 14.1. The van der Waals surface area contributed by atoms with Gasteiger partial charge in [-0.1, -0.05) is 13.8 Å². The molecule has 2 heteroatoms. The number of rotatable bonds is 8. The van der Waals surface area contributed by atoms with Gasteiger partial charge in [0.15, 0.2) is 0 Å². The van der Waals surface area contributed by atoms with Crippen molar-refractivity contribution in [2.75, 3.05) is 0 Å². The third-order valence-corrected chi connectivity index (χ3v) is 5.94. The molecule has 1 aromatic rings. The second-order valence-corrected chi connectivity index (χ2v) is 8.44. The monoisotopic (exact) mass is 302 g/mol. The molecule has 22 heavy (non-hydrogen) atoms. The van der Waals surface area contributed by atoms with Crippen LogP contribution >= 0.6 is 0 Å². The fourth-order valence-corrected chi connectivity index (χ4v) is 3.41. The van der Waals surface area contributed by atoms with Crippen LogP contribution in [0.15, 0.2) is 12.1 Å². The summed E-state index contributed by atoms with van der Waals surface area (Å²) in [4.78, 5) is 0. The number of hydrogen-bond acceptors (Lipinski definition) is 2. The topological polar surface area (TPSA) is 40.5 Å². The fraction of sp³-hybridized carbons (Fsp3) is 0.700. The van der Waals surface area contributed by atoms with E-state index in [4.69, 9.17) is 0 Å². The van der Waals surface area contributed by atoms with Gasteiger partial charge in [0.2, 0.25) is 0 Å². The largest absolute Gasteiger partial charge is 0.508 e. The van der Waals surface area contributed by atoms with Crippen LogP contribution in [0.4, 0.5) is 0 Å². The molecule has 122 valence electrons. The molecule has 0 amide bonds. The Morgan fingerprint density at radius 1 is 0.773 bits per heavy atom. The van der Waals surface area contributed by atoms with Crippen LogP contribution in [0.1, 0.15) is 76.3 Å². The average molecular weight is 302 g/mol. The van der Waals surface area contributed by atoms with Crippen LogP contribution in [0, 0.1) is 10.8 Å². The summed E-state index contributed by atoms with van der Waals surface area (Å²) in [5.74, 6) is 0.521. The molecule has 0 aliphatic heterocycles. The molecule has 2 aliphatic rings. The molecule has 2 fully saturated rings. The van der Waals surface area contributed by atoms with Crippen LogP contribution in [0.5, 0.6) is 11.5 Å². The van der Waals surface area contributed by atoms with E-state index in [0.717, 1.165) is 36.8 Å². The second-order valence-electron chi connectivity index (χ2n) is 8.44. The SMILES string of the molecule is CC1(CCCc2cc(CCCC3(C)CC3)c(O)cc2O)CC1. The first-order valence-corrected chi connectivity index (χ1v) is 8.93. The van der Waals surface area contributed by atoms with Crippen LogP contribution < -0.4 is 0 Å². The highest BCUT2D eigenvalue weighted by molar-refractivity contribution is 5.45. The van der Waals surface area contributed by atoms with E-state index < -0.39 is 0 Å². The zero-order valence-corrected chi connectivity index (χ0v) is 14.1. The molecule has 1 aromatic carbocycles. The van der Waals surface area contributed by atoms with Crippen LogP contribution in [0.25, 0.3) is 0 Å². The first kappa shape index (κ1) is 15.7. The van der Waals surface area contributed by atoms with E-state index >= 15 is 0 Å². The highest BCUT2D eigenvalue weighted by Gasteiger charge is 2.36. The molecule has 0 radical (unpaired) electrons. The molecule has 0 heterocycles. The second kappa shape index (κ2) is 5.79. The Hall–Kier alpha value is -1.18. The molecule has 2 nitrogen and oxygen atoms in total. The summed E-state index contributed by atoms with van der Waals surface area (Å²) in [5, 5.41) is 20.1. The summed E-state index contributed by atoms with van der Waals surface area (Å²) in [6.07, 6.45) is 12.0. The Morgan fingerprint density at radius 2 is 1.18 bits per heavy atom. The molecule has 0 saturated heterocycles. The molecule has 3 rings (SSSR count). The summed E-state index contributed by atoms with van der Waals surface area (Å²) in [5.41, 5.74) is 3.17. The minimum atomic E-state index is 0.261. The number of phenols is 2. The van der Waals surface area contributed by atoms with Crippen LogP contribution in [-0.4, -0.2) is 10.2 Å². The van der Waals surface area contributed by atoms with E-state index in [-0.39, 0.29) is 11.5 Å². The van der Waals surface area contributed by atoms with Gasteiger partial charge in [-0.05, 0) is 92.2 Å².